The van der Waals surface area contributed by atoms with Gasteiger partial charge in [-0.3, -0.25) is 0 Å². The highest BCUT2D eigenvalue weighted by atomic mass is 15.1. The summed E-state index contributed by atoms with van der Waals surface area (Å²) in [6, 6.07) is 28.1. The van der Waals surface area contributed by atoms with Gasteiger partial charge in [0.15, 0.2) is 0 Å². The zero-order chi connectivity index (χ0) is 19.6. The fourth-order valence-electron chi connectivity index (χ4n) is 3.43. The first kappa shape index (κ1) is 18.1. The van der Waals surface area contributed by atoms with Crippen LogP contribution in [-0.2, 0) is 5.41 Å². The third-order valence-electron chi connectivity index (χ3n) is 5.04. The molecule has 4 rings (SSSR count). The molecular formula is C27H25N. The highest BCUT2D eigenvalue weighted by Gasteiger charge is 2.16. The van der Waals surface area contributed by atoms with E-state index in [2.05, 4.69) is 116 Å². The van der Waals surface area contributed by atoms with Crippen molar-refractivity contribution in [3.8, 4) is 0 Å². The minimum absolute atomic E-state index is 0.147. The molecule has 0 heterocycles. The second kappa shape index (κ2) is 7.38. The van der Waals surface area contributed by atoms with Gasteiger partial charge in [-0.2, -0.15) is 0 Å². The summed E-state index contributed by atoms with van der Waals surface area (Å²) in [5, 5.41) is 0. The van der Waals surface area contributed by atoms with Crippen molar-refractivity contribution in [2.45, 2.75) is 26.2 Å². The monoisotopic (exact) mass is 363 g/mol. The largest absolute Gasteiger partial charge is 0.311 e. The minimum atomic E-state index is 0.147. The maximum Gasteiger partial charge on any atom is 0.0462 e. The summed E-state index contributed by atoms with van der Waals surface area (Å²) in [6.45, 7) is 6.74. The molecule has 3 aromatic carbocycles. The standard InChI is InChI=1S/C27H25N/c1-27(2,3)23-15-19-26(20-16-23)28(24-11-5-4-6-12-24)25-17-13-22(14-18-25)21-9-7-8-10-21/h4-9,11-20H,1-3H3. The second-order valence-electron chi connectivity index (χ2n) is 8.10. The fourth-order valence-corrected chi connectivity index (χ4v) is 3.43. The van der Waals surface area contributed by atoms with Crippen molar-refractivity contribution in [1.29, 1.82) is 0 Å². The van der Waals surface area contributed by atoms with Gasteiger partial charge in [-0.25, -0.2) is 0 Å². The number of hydrogen-bond donors (Lipinski definition) is 0. The molecule has 28 heavy (non-hydrogen) atoms. The van der Waals surface area contributed by atoms with Crippen LogP contribution in [0.25, 0.3) is 5.57 Å². The summed E-state index contributed by atoms with van der Waals surface area (Å²) in [7, 11) is 0. The van der Waals surface area contributed by atoms with Crippen molar-refractivity contribution in [2.75, 3.05) is 4.90 Å². The lowest BCUT2D eigenvalue weighted by atomic mass is 9.87. The van der Waals surface area contributed by atoms with E-state index in [-0.39, 0.29) is 5.41 Å². The van der Waals surface area contributed by atoms with Gasteiger partial charge in [-0.05, 0) is 65.1 Å². The Labute approximate surface area is 168 Å². The molecule has 0 aromatic heterocycles. The molecule has 0 unspecified atom stereocenters. The molecule has 0 aliphatic heterocycles. The van der Waals surface area contributed by atoms with Gasteiger partial charge in [0.05, 0.1) is 0 Å². The second-order valence-corrected chi connectivity index (χ2v) is 8.10. The van der Waals surface area contributed by atoms with Crippen LogP contribution in [0.4, 0.5) is 17.1 Å². The van der Waals surface area contributed by atoms with Gasteiger partial charge in [-0.15, -0.1) is 5.73 Å². The fraction of sp³-hybridized carbons (Fsp3) is 0.148. The van der Waals surface area contributed by atoms with Gasteiger partial charge in [0, 0.05) is 22.6 Å². The summed E-state index contributed by atoms with van der Waals surface area (Å²) >= 11 is 0. The van der Waals surface area contributed by atoms with Crippen LogP contribution >= 0.6 is 0 Å². The molecule has 0 radical (unpaired) electrons. The summed E-state index contributed by atoms with van der Waals surface area (Å²) < 4.78 is 0. The average molecular weight is 364 g/mol. The Morgan fingerprint density at radius 3 is 1.79 bits per heavy atom. The normalized spacial score (nSPS) is 12.9. The highest BCUT2D eigenvalue weighted by molar-refractivity contribution is 5.80. The van der Waals surface area contributed by atoms with Crippen LogP contribution in [0.15, 0.2) is 103 Å². The molecule has 1 aliphatic rings. The topological polar surface area (TPSA) is 3.24 Å². The summed E-state index contributed by atoms with van der Waals surface area (Å²) in [6.07, 6.45) is 6.07. The van der Waals surface area contributed by atoms with E-state index in [4.69, 9.17) is 0 Å². The van der Waals surface area contributed by atoms with Crippen LogP contribution < -0.4 is 4.90 Å². The quantitative estimate of drug-likeness (QED) is 0.432. The van der Waals surface area contributed by atoms with Crippen molar-refractivity contribution >= 4 is 22.6 Å². The lowest BCUT2D eigenvalue weighted by Gasteiger charge is -2.27. The van der Waals surface area contributed by atoms with Crippen LogP contribution in [0.5, 0.6) is 0 Å². The van der Waals surface area contributed by atoms with E-state index in [1.807, 2.05) is 12.2 Å². The molecule has 0 bridgehead atoms. The van der Waals surface area contributed by atoms with Gasteiger partial charge < -0.3 is 4.90 Å². The lowest BCUT2D eigenvalue weighted by molar-refractivity contribution is 0.590. The van der Waals surface area contributed by atoms with Crippen molar-refractivity contribution in [2.24, 2.45) is 0 Å². The Balaban J connectivity index is 1.74. The van der Waals surface area contributed by atoms with Crippen LogP contribution in [-0.4, -0.2) is 0 Å². The molecule has 0 saturated heterocycles. The molecule has 0 N–H and O–H groups in total. The predicted octanol–water partition coefficient (Wildman–Crippen LogP) is 7.56. The number of anilines is 3. The molecule has 1 nitrogen and oxygen atoms in total. The van der Waals surface area contributed by atoms with Crippen molar-refractivity contribution < 1.29 is 0 Å². The molecule has 3 aromatic rings. The maximum atomic E-state index is 3.27. The first-order valence-corrected chi connectivity index (χ1v) is 9.72. The maximum absolute atomic E-state index is 3.27. The summed E-state index contributed by atoms with van der Waals surface area (Å²) in [5.74, 6) is 0. The molecular weight excluding hydrogens is 338 g/mol. The van der Waals surface area contributed by atoms with E-state index in [9.17, 15) is 0 Å². The van der Waals surface area contributed by atoms with E-state index in [0.717, 1.165) is 22.6 Å². The Bertz CT molecular complexity index is 1040. The first-order chi connectivity index (χ1) is 13.5. The smallest absolute Gasteiger partial charge is 0.0462 e. The van der Waals surface area contributed by atoms with Crippen LogP contribution in [0.3, 0.4) is 0 Å². The number of allylic oxidation sites excluding steroid dienone is 3. The molecule has 138 valence electrons. The third kappa shape index (κ3) is 3.71. The van der Waals surface area contributed by atoms with Gasteiger partial charge in [-0.1, -0.05) is 69.3 Å². The molecule has 0 amide bonds. The zero-order valence-corrected chi connectivity index (χ0v) is 16.7. The number of nitrogens with zero attached hydrogens (tertiary/aromatic N) is 1. The Kier molecular flexibility index (Phi) is 4.77. The van der Waals surface area contributed by atoms with Gasteiger partial charge in [0.1, 0.15) is 0 Å². The molecule has 1 aliphatic carbocycles. The van der Waals surface area contributed by atoms with Crippen molar-refractivity contribution in [1.82, 2.24) is 0 Å². The Morgan fingerprint density at radius 1 is 0.679 bits per heavy atom. The van der Waals surface area contributed by atoms with Crippen molar-refractivity contribution in [3.05, 3.63) is 114 Å². The summed E-state index contributed by atoms with van der Waals surface area (Å²) in [4.78, 5) is 2.30. The minimum Gasteiger partial charge on any atom is -0.311 e. The molecule has 0 saturated carbocycles. The van der Waals surface area contributed by atoms with Gasteiger partial charge >= 0.3 is 0 Å². The van der Waals surface area contributed by atoms with Crippen LogP contribution in [0.1, 0.15) is 31.9 Å². The molecule has 0 fully saturated rings. The molecule has 1 heteroatoms. The highest BCUT2D eigenvalue weighted by Crippen LogP contribution is 2.36. The number of rotatable bonds is 4. The van der Waals surface area contributed by atoms with E-state index in [1.54, 1.807) is 0 Å². The third-order valence-corrected chi connectivity index (χ3v) is 5.04. The van der Waals surface area contributed by atoms with Gasteiger partial charge in [0.2, 0.25) is 0 Å². The number of benzene rings is 3. The zero-order valence-electron chi connectivity index (χ0n) is 16.7. The average Bonchev–Trinajstić information content (AvgIpc) is 3.24. The van der Waals surface area contributed by atoms with E-state index in [0.29, 0.717) is 0 Å². The lowest BCUT2D eigenvalue weighted by Crippen LogP contribution is -2.13. The molecule has 0 atom stereocenters. The number of hydrogen-bond acceptors (Lipinski definition) is 1. The van der Waals surface area contributed by atoms with E-state index in [1.165, 1.54) is 11.1 Å². The Morgan fingerprint density at radius 2 is 1.25 bits per heavy atom. The molecule has 0 spiro atoms. The number of para-hydroxylation sites is 1. The van der Waals surface area contributed by atoms with Gasteiger partial charge in [0.25, 0.3) is 0 Å². The first-order valence-electron chi connectivity index (χ1n) is 9.72. The van der Waals surface area contributed by atoms with Crippen molar-refractivity contribution in [3.63, 3.8) is 0 Å². The van der Waals surface area contributed by atoms with Crippen LogP contribution in [0, 0.1) is 0 Å². The predicted molar refractivity (Wildman–Crippen MR) is 120 cm³/mol. The Hall–Kier alpha value is -3.28. The SMILES string of the molecule is CC(C)(C)c1ccc(N(c2ccccc2)c2ccc(C3=C=CC=C3)cc2)cc1. The van der Waals surface area contributed by atoms with Crippen LogP contribution in [0.2, 0.25) is 0 Å². The van der Waals surface area contributed by atoms with E-state index < -0.39 is 0 Å². The van der Waals surface area contributed by atoms with E-state index >= 15 is 0 Å². The summed E-state index contributed by atoms with van der Waals surface area (Å²) in [5.41, 5.74) is 10.5.